The third-order valence-corrected chi connectivity index (χ3v) is 4.80. The number of amides is 1. The first-order chi connectivity index (χ1) is 11.2. The van der Waals surface area contributed by atoms with Gasteiger partial charge in [0.05, 0.1) is 5.56 Å². The lowest BCUT2D eigenvalue weighted by Crippen LogP contribution is -2.40. The highest BCUT2D eigenvalue weighted by atomic mass is 16.2. The van der Waals surface area contributed by atoms with Gasteiger partial charge >= 0.3 is 0 Å². The molecule has 1 atom stereocenters. The molecule has 3 heteroatoms. The first kappa shape index (κ1) is 15.7. The molecule has 1 aromatic carbocycles. The molecule has 1 amide bonds. The fraction of sp³-hybridized carbons (Fsp3) is 0.400. The van der Waals surface area contributed by atoms with Gasteiger partial charge in [-0.1, -0.05) is 24.3 Å². The molecular weight excluding hydrogens is 284 g/mol. The molecule has 120 valence electrons. The van der Waals surface area contributed by atoms with E-state index in [1.54, 1.807) is 12.4 Å². The number of aryl methyl sites for hydroxylation is 2. The zero-order valence-corrected chi connectivity index (χ0v) is 13.7. The van der Waals surface area contributed by atoms with E-state index >= 15 is 0 Å². The Balaban J connectivity index is 1.58. The fourth-order valence-electron chi connectivity index (χ4n) is 3.41. The van der Waals surface area contributed by atoms with Gasteiger partial charge in [-0.3, -0.25) is 9.78 Å². The number of rotatable bonds is 4. The number of nitrogens with zero attached hydrogens (tertiary/aromatic N) is 2. The number of carbonyl (C=O) groups is 1. The Morgan fingerprint density at radius 3 is 2.91 bits per heavy atom. The second-order valence-corrected chi connectivity index (χ2v) is 6.47. The topological polar surface area (TPSA) is 33.2 Å². The summed E-state index contributed by atoms with van der Waals surface area (Å²) >= 11 is 0. The number of pyridine rings is 1. The minimum atomic E-state index is 0.124. The average Bonchev–Trinajstić information content (AvgIpc) is 2.61. The highest BCUT2D eigenvalue weighted by Crippen LogP contribution is 2.23. The number of hydrogen-bond acceptors (Lipinski definition) is 2. The van der Waals surface area contributed by atoms with Crippen molar-refractivity contribution in [3.63, 3.8) is 0 Å². The van der Waals surface area contributed by atoms with E-state index in [2.05, 4.69) is 36.2 Å². The molecule has 0 radical (unpaired) electrons. The van der Waals surface area contributed by atoms with Gasteiger partial charge in [0.2, 0.25) is 0 Å². The van der Waals surface area contributed by atoms with Gasteiger partial charge < -0.3 is 4.90 Å². The molecule has 0 spiro atoms. The lowest BCUT2D eigenvalue weighted by Gasteiger charge is -2.33. The Kier molecular flexibility index (Phi) is 5.06. The summed E-state index contributed by atoms with van der Waals surface area (Å²) in [6.45, 7) is 3.92. The van der Waals surface area contributed by atoms with Crippen LogP contribution in [-0.2, 0) is 6.42 Å². The molecule has 1 unspecified atom stereocenters. The molecule has 3 nitrogen and oxygen atoms in total. The van der Waals surface area contributed by atoms with Gasteiger partial charge in [0, 0.05) is 25.5 Å². The van der Waals surface area contributed by atoms with Crippen molar-refractivity contribution in [1.29, 1.82) is 0 Å². The van der Waals surface area contributed by atoms with E-state index in [-0.39, 0.29) is 5.91 Å². The molecule has 2 aromatic rings. The maximum Gasteiger partial charge on any atom is 0.255 e. The smallest absolute Gasteiger partial charge is 0.255 e. The predicted molar refractivity (Wildman–Crippen MR) is 92.4 cm³/mol. The van der Waals surface area contributed by atoms with Gasteiger partial charge in [0.1, 0.15) is 0 Å². The zero-order valence-electron chi connectivity index (χ0n) is 13.7. The quantitative estimate of drug-likeness (QED) is 0.859. The van der Waals surface area contributed by atoms with Crippen LogP contribution in [0.4, 0.5) is 0 Å². The van der Waals surface area contributed by atoms with E-state index in [9.17, 15) is 4.79 Å². The maximum absolute atomic E-state index is 12.6. The Labute approximate surface area is 138 Å². The molecule has 23 heavy (non-hydrogen) atoms. The highest BCUT2D eigenvalue weighted by Gasteiger charge is 2.24. The zero-order chi connectivity index (χ0) is 16.1. The summed E-state index contributed by atoms with van der Waals surface area (Å²) in [5.74, 6) is 0.725. The lowest BCUT2D eigenvalue weighted by molar-refractivity contribution is 0.0668. The lowest BCUT2D eigenvalue weighted by atomic mass is 9.90. The van der Waals surface area contributed by atoms with Crippen LogP contribution in [0.1, 0.15) is 40.7 Å². The standard InChI is InChI=1S/C20H24N2O/c1-16-6-2-3-8-18(16)11-10-17-7-5-13-22(15-17)20(23)19-9-4-12-21-14-19/h2-4,6,8-9,12,14,17H,5,7,10-11,13,15H2,1H3. The molecule has 0 aliphatic carbocycles. The molecule has 1 aliphatic heterocycles. The summed E-state index contributed by atoms with van der Waals surface area (Å²) in [6, 6.07) is 12.3. The van der Waals surface area contributed by atoms with Crippen LogP contribution >= 0.6 is 0 Å². The molecule has 0 bridgehead atoms. The van der Waals surface area contributed by atoms with Gasteiger partial charge in [-0.15, -0.1) is 0 Å². The second kappa shape index (κ2) is 7.40. The molecule has 1 saturated heterocycles. The molecule has 1 aliphatic rings. The summed E-state index contributed by atoms with van der Waals surface area (Å²) in [4.78, 5) is 18.6. The van der Waals surface area contributed by atoms with E-state index < -0.39 is 0 Å². The normalized spacial score (nSPS) is 18.0. The van der Waals surface area contributed by atoms with Crippen molar-refractivity contribution in [2.75, 3.05) is 13.1 Å². The largest absolute Gasteiger partial charge is 0.338 e. The van der Waals surface area contributed by atoms with E-state index in [0.29, 0.717) is 11.5 Å². The Bertz CT molecular complexity index is 654. The van der Waals surface area contributed by atoms with Crippen LogP contribution < -0.4 is 0 Å². The second-order valence-electron chi connectivity index (χ2n) is 6.47. The summed E-state index contributed by atoms with van der Waals surface area (Å²) < 4.78 is 0. The Morgan fingerprint density at radius 1 is 1.26 bits per heavy atom. The van der Waals surface area contributed by atoms with Gasteiger partial charge in [-0.25, -0.2) is 0 Å². The van der Waals surface area contributed by atoms with Crippen LogP contribution in [0.3, 0.4) is 0 Å². The van der Waals surface area contributed by atoms with Crippen molar-refractivity contribution < 1.29 is 4.79 Å². The van der Waals surface area contributed by atoms with Crippen LogP contribution in [0, 0.1) is 12.8 Å². The van der Waals surface area contributed by atoms with Crippen molar-refractivity contribution in [1.82, 2.24) is 9.88 Å². The molecule has 0 saturated carbocycles. The molecule has 3 rings (SSSR count). The fourth-order valence-corrected chi connectivity index (χ4v) is 3.41. The van der Waals surface area contributed by atoms with Gasteiger partial charge in [-0.05, 0) is 61.8 Å². The molecule has 2 heterocycles. The number of piperidine rings is 1. The van der Waals surface area contributed by atoms with Crippen molar-refractivity contribution in [2.45, 2.75) is 32.6 Å². The summed E-state index contributed by atoms with van der Waals surface area (Å²) in [7, 11) is 0. The maximum atomic E-state index is 12.6. The van der Waals surface area contributed by atoms with Crippen LogP contribution in [0.2, 0.25) is 0 Å². The first-order valence-electron chi connectivity index (χ1n) is 8.48. The van der Waals surface area contributed by atoms with Crippen molar-refractivity contribution >= 4 is 5.91 Å². The van der Waals surface area contributed by atoms with Gasteiger partial charge in [0.25, 0.3) is 5.91 Å². The van der Waals surface area contributed by atoms with Crippen molar-refractivity contribution in [2.24, 2.45) is 5.92 Å². The molecule has 1 aromatic heterocycles. The molecule has 0 N–H and O–H groups in total. The van der Waals surface area contributed by atoms with Gasteiger partial charge in [-0.2, -0.15) is 0 Å². The van der Waals surface area contributed by atoms with E-state index in [1.165, 1.54) is 17.5 Å². The first-order valence-corrected chi connectivity index (χ1v) is 8.48. The molecule has 1 fully saturated rings. The minimum absolute atomic E-state index is 0.124. The van der Waals surface area contributed by atoms with Crippen molar-refractivity contribution in [3.8, 4) is 0 Å². The summed E-state index contributed by atoms with van der Waals surface area (Å²) in [5.41, 5.74) is 3.50. The predicted octanol–water partition coefficient (Wildman–Crippen LogP) is 3.88. The van der Waals surface area contributed by atoms with Crippen molar-refractivity contribution in [3.05, 3.63) is 65.5 Å². The van der Waals surface area contributed by atoms with E-state index in [4.69, 9.17) is 0 Å². The third-order valence-electron chi connectivity index (χ3n) is 4.80. The SMILES string of the molecule is Cc1ccccc1CCC1CCCN(C(=O)c2cccnc2)C1. The highest BCUT2D eigenvalue weighted by molar-refractivity contribution is 5.93. The summed E-state index contributed by atoms with van der Waals surface area (Å²) in [5, 5.41) is 0. The average molecular weight is 308 g/mol. The Morgan fingerprint density at radius 2 is 2.13 bits per heavy atom. The number of aromatic nitrogens is 1. The van der Waals surface area contributed by atoms with Gasteiger partial charge in [0.15, 0.2) is 0 Å². The van der Waals surface area contributed by atoms with E-state index in [0.717, 1.165) is 32.4 Å². The monoisotopic (exact) mass is 308 g/mol. The van der Waals surface area contributed by atoms with Crippen LogP contribution in [-0.4, -0.2) is 28.9 Å². The van der Waals surface area contributed by atoms with Crippen LogP contribution in [0.25, 0.3) is 0 Å². The van der Waals surface area contributed by atoms with Crippen LogP contribution in [0.5, 0.6) is 0 Å². The number of benzene rings is 1. The number of carbonyl (C=O) groups excluding carboxylic acids is 1. The Hall–Kier alpha value is -2.16. The van der Waals surface area contributed by atoms with Crippen LogP contribution in [0.15, 0.2) is 48.8 Å². The third kappa shape index (κ3) is 3.98. The number of likely N-dealkylation sites (tertiary alicyclic amines) is 1. The molecular formula is C20H24N2O. The summed E-state index contributed by atoms with van der Waals surface area (Å²) in [6.07, 6.45) is 7.96. The van der Waals surface area contributed by atoms with E-state index in [1.807, 2.05) is 17.0 Å². The minimum Gasteiger partial charge on any atom is -0.338 e. The number of hydrogen-bond donors (Lipinski definition) is 0.